The SMILES string of the molecule is C=Nc1nc(C)ncc1N=CC. The van der Waals surface area contributed by atoms with Crippen molar-refractivity contribution in [2.45, 2.75) is 13.8 Å². The summed E-state index contributed by atoms with van der Waals surface area (Å²) in [5.41, 5.74) is 0.651. The summed E-state index contributed by atoms with van der Waals surface area (Å²) in [5.74, 6) is 1.20. The third kappa shape index (κ3) is 1.72. The second kappa shape index (κ2) is 3.71. The quantitative estimate of drug-likeness (QED) is 0.623. The summed E-state index contributed by atoms with van der Waals surface area (Å²) in [6.07, 6.45) is 3.30. The number of aliphatic imine (C=N–C) groups is 2. The Morgan fingerprint density at radius 3 is 2.92 bits per heavy atom. The Balaban J connectivity index is 3.19. The molecule has 0 fully saturated rings. The predicted octanol–water partition coefficient (Wildman–Crippen LogP) is 1.84. The van der Waals surface area contributed by atoms with Gasteiger partial charge in [-0.25, -0.2) is 15.0 Å². The van der Waals surface area contributed by atoms with E-state index in [0.717, 1.165) is 0 Å². The Labute approximate surface area is 71.1 Å². The van der Waals surface area contributed by atoms with E-state index in [1.807, 2.05) is 6.92 Å². The fraction of sp³-hybridized carbons (Fsp3) is 0.250. The summed E-state index contributed by atoms with van der Waals surface area (Å²) in [6.45, 7) is 7.03. The molecule has 0 unspecified atom stereocenters. The van der Waals surface area contributed by atoms with Gasteiger partial charge in [0, 0.05) is 6.21 Å². The second-order valence-corrected chi connectivity index (χ2v) is 2.17. The first-order valence-electron chi connectivity index (χ1n) is 3.57. The number of nitrogens with zero attached hydrogens (tertiary/aromatic N) is 4. The van der Waals surface area contributed by atoms with Crippen molar-refractivity contribution in [2.75, 3.05) is 0 Å². The molecule has 0 aliphatic carbocycles. The Hall–Kier alpha value is -1.58. The van der Waals surface area contributed by atoms with Crippen LogP contribution in [0, 0.1) is 6.92 Å². The van der Waals surface area contributed by atoms with Crippen LogP contribution in [0.2, 0.25) is 0 Å². The van der Waals surface area contributed by atoms with Crippen LogP contribution in [-0.4, -0.2) is 22.9 Å². The highest BCUT2D eigenvalue weighted by atomic mass is 15.0. The maximum absolute atomic E-state index is 4.06. The summed E-state index contributed by atoms with van der Waals surface area (Å²) in [5, 5.41) is 0. The molecule has 4 nitrogen and oxygen atoms in total. The van der Waals surface area contributed by atoms with Gasteiger partial charge in [0.2, 0.25) is 0 Å². The molecule has 0 aliphatic rings. The lowest BCUT2D eigenvalue weighted by Gasteiger charge is -1.97. The van der Waals surface area contributed by atoms with Crippen LogP contribution in [0.15, 0.2) is 16.2 Å². The molecule has 0 bridgehead atoms. The standard InChI is InChI=1S/C8H10N4/c1-4-10-7-5-11-6(2)12-8(7)9-3/h4-5H,3H2,1-2H3. The number of aryl methyl sites for hydroxylation is 1. The summed E-state index contributed by atoms with van der Waals surface area (Å²) in [6, 6.07) is 0. The average molecular weight is 162 g/mol. The van der Waals surface area contributed by atoms with Gasteiger partial charge >= 0.3 is 0 Å². The number of hydrogen-bond acceptors (Lipinski definition) is 4. The number of aromatic nitrogens is 2. The van der Waals surface area contributed by atoms with Crippen LogP contribution in [0.3, 0.4) is 0 Å². The highest BCUT2D eigenvalue weighted by Gasteiger charge is 1.99. The lowest BCUT2D eigenvalue weighted by molar-refractivity contribution is 1.05. The van der Waals surface area contributed by atoms with Crippen LogP contribution in [0.25, 0.3) is 0 Å². The summed E-state index contributed by atoms with van der Waals surface area (Å²) in [7, 11) is 0. The first-order valence-corrected chi connectivity index (χ1v) is 3.57. The molecule has 1 aromatic heterocycles. The van der Waals surface area contributed by atoms with Crippen molar-refractivity contribution in [1.29, 1.82) is 0 Å². The zero-order valence-electron chi connectivity index (χ0n) is 7.15. The number of hydrogen-bond donors (Lipinski definition) is 0. The molecule has 1 heterocycles. The van der Waals surface area contributed by atoms with Crippen LogP contribution in [0.4, 0.5) is 11.5 Å². The fourth-order valence-electron chi connectivity index (χ4n) is 0.798. The van der Waals surface area contributed by atoms with E-state index in [0.29, 0.717) is 17.3 Å². The topological polar surface area (TPSA) is 50.5 Å². The highest BCUT2D eigenvalue weighted by Crippen LogP contribution is 2.22. The maximum atomic E-state index is 4.06. The minimum Gasteiger partial charge on any atom is -0.256 e. The summed E-state index contributed by atoms with van der Waals surface area (Å²) >= 11 is 0. The van der Waals surface area contributed by atoms with Gasteiger partial charge < -0.3 is 0 Å². The third-order valence-electron chi connectivity index (χ3n) is 1.29. The van der Waals surface area contributed by atoms with E-state index in [1.165, 1.54) is 0 Å². The van der Waals surface area contributed by atoms with Crippen molar-refractivity contribution in [2.24, 2.45) is 9.98 Å². The van der Waals surface area contributed by atoms with Crippen molar-refractivity contribution in [3.63, 3.8) is 0 Å². The molecule has 0 saturated heterocycles. The van der Waals surface area contributed by atoms with Gasteiger partial charge in [0.05, 0.1) is 6.20 Å². The molecule has 0 aromatic carbocycles. The van der Waals surface area contributed by atoms with E-state index in [1.54, 1.807) is 19.3 Å². The average Bonchev–Trinajstić information content (AvgIpc) is 2.08. The van der Waals surface area contributed by atoms with Gasteiger partial charge in [-0.2, -0.15) is 0 Å². The molecule has 1 aromatic rings. The lowest BCUT2D eigenvalue weighted by Crippen LogP contribution is -1.85. The molecule has 0 radical (unpaired) electrons. The predicted molar refractivity (Wildman–Crippen MR) is 49.8 cm³/mol. The summed E-state index contributed by atoms with van der Waals surface area (Å²) < 4.78 is 0. The van der Waals surface area contributed by atoms with Gasteiger partial charge in [0.1, 0.15) is 11.5 Å². The van der Waals surface area contributed by atoms with Crippen molar-refractivity contribution in [3.8, 4) is 0 Å². The highest BCUT2D eigenvalue weighted by molar-refractivity contribution is 5.67. The molecule has 0 atom stereocenters. The molecular formula is C8H10N4. The molecule has 0 amide bonds. The van der Waals surface area contributed by atoms with Gasteiger partial charge in [0.25, 0.3) is 0 Å². The molecule has 0 N–H and O–H groups in total. The molecule has 4 heteroatoms. The van der Waals surface area contributed by atoms with Gasteiger partial charge in [0.15, 0.2) is 5.82 Å². The minimum atomic E-state index is 0.528. The normalized spacial score (nSPS) is 10.5. The lowest BCUT2D eigenvalue weighted by atomic mass is 10.4. The van der Waals surface area contributed by atoms with Crippen molar-refractivity contribution < 1.29 is 0 Å². The van der Waals surface area contributed by atoms with Gasteiger partial charge in [-0.05, 0) is 20.6 Å². The van der Waals surface area contributed by atoms with Crippen molar-refractivity contribution in [1.82, 2.24) is 9.97 Å². The van der Waals surface area contributed by atoms with Gasteiger partial charge in [-0.15, -0.1) is 0 Å². The Bertz CT molecular complexity index is 317. The monoisotopic (exact) mass is 162 g/mol. The van der Waals surface area contributed by atoms with Crippen molar-refractivity contribution >= 4 is 24.4 Å². The molecule has 12 heavy (non-hydrogen) atoms. The van der Waals surface area contributed by atoms with E-state index in [2.05, 4.69) is 26.7 Å². The molecular weight excluding hydrogens is 152 g/mol. The van der Waals surface area contributed by atoms with Crippen LogP contribution in [0.1, 0.15) is 12.7 Å². The van der Waals surface area contributed by atoms with Crippen LogP contribution in [0.5, 0.6) is 0 Å². The first-order chi connectivity index (χ1) is 5.77. The molecule has 0 spiro atoms. The van der Waals surface area contributed by atoms with Gasteiger partial charge in [-0.1, -0.05) is 0 Å². The van der Waals surface area contributed by atoms with Gasteiger partial charge in [-0.3, -0.25) is 4.99 Å². The maximum Gasteiger partial charge on any atom is 0.180 e. The molecule has 62 valence electrons. The van der Waals surface area contributed by atoms with E-state index in [4.69, 9.17) is 0 Å². The van der Waals surface area contributed by atoms with E-state index >= 15 is 0 Å². The van der Waals surface area contributed by atoms with E-state index < -0.39 is 0 Å². The molecule has 1 rings (SSSR count). The van der Waals surface area contributed by atoms with Crippen LogP contribution in [-0.2, 0) is 0 Å². The van der Waals surface area contributed by atoms with Crippen molar-refractivity contribution in [3.05, 3.63) is 12.0 Å². The van der Waals surface area contributed by atoms with E-state index in [9.17, 15) is 0 Å². The Morgan fingerprint density at radius 2 is 2.33 bits per heavy atom. The zero-order valence-corrected chi connectivity index (χ0v) is 7.15. The molecule has 0 aliphatic heterocycles. The smallest absolute Gasteiger partial charge is 0.180 e. The second-order valence-electron chi connectivity index (χ2n) is 2.17. The Morgan fingerprint density at radius 1 is 1.58 bits per heavy atom. The Kier molecular flexibility index (Phi) is 2.63. The minimum absolute atomic E-state index is 0.528. The number of rotatable bonds is 2. The molecule has 0 saturated carbocycles. The summed E-state index contributed by atoms with van der Waals surface area (Å²) in [4.78, 5) is 15.8. The largest absolute Gasteiger partial charge is 0.256 e. The zero-order chi connectivity index (χ0) is 8.97. The van der Waals surface area contributed by atoms with Crippen LogP contribution < -0.4 is 0 Å². The fourth-order valence-corrected chi connectivity index (χ4v) is 0.798. The third-order valence-corrected chi connectivity index (χ3v) is 1.29. The van der Waals surface area contributed by atoms with E-state index in [-0.39, 0.29) is 0 Å². The van der Waals surface area contributed by atoms with Crippen LogP contribution >= 0.6 is 0 Å². The first kappa shape index (κ1) is 8.52.